The SMILES string of the molecule is CN(C)CC[C@@H]1CN(C(=O)c2ccsc2)CCO1. The van der Waals surface area contributed by atoms with E-state index in [0.717, 1.165) is 18.5 Å². The van der Waals surface area contributed by atoms with Gasteiger partial charge in [0.1, 0.15) is 0 Å². The van der Waals surface area contributed by atoms with Crippen LogP contribution in [0.1, 0.15) is 16.8 Å². The Balaban J connectivity index is 1.88. The van der Waals surface area contributed by atoms with E-state index in [4.69, 9.17) is 4.74 Å². The second-order valence-corrected chi connectivity index (χ2v) is 5.63. The van der Waals surface area contributed by atoms with Crippen molar-refractivity contribution in [2.75, 3.05) is 40.3 Å². The number of thiophene rings is 1. The lowest BCUT2D eigenvalue weighted by Gasteiger charge is -2.33. The van der Waals surface area contributed by atoms with Gasteiger partial charge in [-0.1, -0.05) is 0 Å². The van der Waals surface area contributed by atoms with Gasteiger partial charge >= 0.3 is 0 Å². The number of hydrogen-bond donors (Lipinski definition) is 0. The van der Waals surface area contributed by atoms with Crippen LogP contribution in [0.15, 0.2) is 16.8 Å². The third-order valence-electron chi connectivity index (χ3n) is 3.09. The van der Waals surface area contributed by atoms with E-state index < -0.39 is 0 Å². The van der Waals surface area contributed by atoms with Crippen molar-refractivity contribution >= 4 is 17.2 Å². The summed E-state index contributed by atoms with van der Waals surface area (Å²) in [6.07, 6.45) is 1.14. The van der Waals surface area contributed by atoms with Crippen LogP contribution in [0.3, 0.4) is 0 Å². The Bertz CT molecular complexity index is 378. The van der Waals surface area contributed by atoms with Gasteiger partial charge in [0.25, 0.3) is 5.91 Å². The van der Waals surface area contributed by atoms with E-state index in [1.807, 2.05) is 21.7 Å². The minimum absolute atomic E-state index is 0.134. The molecule has 1 aliphatic rings. The Morgan fingerprint density at radius 1 is 1.61 bits per heavy atom. The summed E-state index contributed by atoms with van der Waals surface area (Å²) in [6, 6.07) is 1.89. The lowest BCUT2D eigenvalue weighted by molar-refractivity contribution is -0.0269. The Morgan fingerprint density at radius 3 is 3.11 bits per heavy atom. The van der Waals surface area contributed by atoms with Crippen LogP contribution in [0.2, 0.25) is 0 Å². The molecule has 0 N–H and O–H groups in total. The highest BCUT2D eigenvalue weighted by Crippen LogP contribution is 2.14. The molecule has 18 heavy (non-hydrogen) atoms. The monoisotopic (exact) mass is 268 g/mol. The number of nitrogens with zero attached hydrogens (tertiary/aromatic N) is 2. The fourth-order valence-electron chi connectivity index (χ4n) is 2.05. The fraction of sp³-hybridized carbons (Fsp3) is 0.615. The van der Waals surface area contributed by atoms with Gasteiger partial charge in [-0.05, 0) is 32.0 Å². The minimum atomic E-state index is 0.134. The molecule has 0 saturated carbocycles. The normalized spacial score (nSPS) is 20.4. The van der Waals surface area contributed by atoms with Crippen molar-refractivity contribution in [3.8, 4) is 0 Å². The Kier molecular flexibility index (Phi) is 4.74. The molecule has 4 nitrogen and oxygen atoms in total. The average molecular weight is 268 g/mol. The first-order valence-corrected chi connectivity index (χ1v) is 7.19. The van der Waals surface area contributed by atoms with E-state index in [-0.39, 0.29) is 12.0 Å². The lowest BCUT2D eigenvalue weighted by atomic mass is 10.2. The Hall–Kier alpha value is -0.910. The van der Waals surface area contributed by atoms with Gasteiger partial charge in [-0.15, -0.1) is 0 Å². The summed E-state index contributed by atoms with van der Waals surface area (Å²) in [5, 5.41) is 3.85. The quantitative estimate of drug-likeness (QED) is 0.830. The summed E-state index contributed by atoms with van der Waals surface area (Å²) >= 11 is 1.56. The summed E-state index contributed by atoms with van der Waals surface area (Å²) < 4.78 is 5.71. The maximum Gasteiger partial charge on any atom is 0.254 e. The van der Waals surface area contributed by atoms with Crippen molar-refractivity contribution in [2.45, 2.75) is 12.5 Å². The first-order chi connectivity index (χ1) is 8.66. The molecule has 1 atom stereocenters. The molecule has 1 aliphatic heterocycles. The number of ether oxygens (including phenoxy) is 1. The number of morpholine rings is 1. The van der Waals surface area contributed by atoms with Crippen LogP contribution in [0.25, 0.3) is 0 Å². The maximum atomic E-state index is 12.2. The predicted octanol–water partition coefficient (Wildman–Crippen LogP) is 1.54. The molecule has 0 aromatic carbocycles. The van der Waals surface area contributed by atoms with Crippen LogP contribution in [0.4, 0.5) is 0 Å². The zero-order chi connectivity index (χ0) is 13.0. The highest BCUT2D eigenvalue weighted by atomic mass is 32.1. The second kappa shape index (κ2) is 6.31. The topological polar surface area (TPSA) is 32.8 Å². The lowest BCUT2D eigenvalue weighted by Crippen LogP contribution is -2.46. The van der Waals surface area contributed by atoms with Gasteiger partial charge in [-0.2, -0.15) is 11.3 Å². The zero-order valence-corrected chi connectivity index (χ0v) is 11.8. The van der Waals surface area contributed by atoms with E-state index >= 15 is 0 Å². The summed E-state index contributed by atoms with van der Waals surface area (Å²) in [4.78, 5) is 16.3. The molecule has 1 aromatic rings. The van der Waals surface area contributed by atoms with Crippen molar-refractivity contribution < 1.29 is 9.53 Å². The van der Waals surface area contributed by atoms with Gasteiger partial charge in [0.05, 0.1) is 18.3 Å². The molecule has 1 aromatic heterocycles. The molecule has 0 bridgehead atoms. The van der Waals surface area contributed by atoms with Gasteiger partial charge in [0.15, 0.2) is 0 Å². The van der Waals surface area contributed by atoms with E-state index in [1.54, 1.807) is 11.3 Å². The van der Waals surface area contributed by atoms with Crippen LogP contribution >= 0.6 is 11.3 Å². The summed E-state index contributed by atoms with van der Waals surface area (Å²) in [5.41, 5.74) is 0.799. The smallest absolute Gasteiger partial charge is 0.254 e. The summed E-state index contributed by atoms with van der Waals surface area (Å²) in [5.74, 6) is 0.134. The third-order valence-corrected chi connectivity index (χ3v) is 3.78. The minimum Gasteiger partial charge on any atom is -0.374 e. The maximum absolute atomic E-state index is 12.2. The Morgan fingerprint density at radius 2 is 2.44 bits per heavy atom. The number of carbonyl (C=O) groups excluding carboxylic acids is 1. The highest BCUT2D eigenvalue weighted by Gasteiger charge is 2.24. The molecular weight excluding hydrogens is 248 g/mol. The standard InChI is InChI=1S/C13H20N2O2S/c1-14(2)5-3-12-9-15(6-7-17-12)13(16)11-4-8-18-10-11/h4,8,10,12H,3,5-7,9H2,1-2H3/t12-/m1/s1. The van der Waals surface area contributed by atoms with Crippen LogP contribution in [-0.2, 0) is 4.74 Å². The van der Waals surface area contributed by atoms with Gasteiger partial charge in [0, 0.05) is 25.0 Å². The third kappa shape index (κ3) is 3.54. The van der Waals surface area contributed by atoms with Crippen LogP contribution in [-0.4, -0.2) is 62.1 Å². The first kappa shape index (κ1) is 13.5. The number of amides is 1. The molecule has 5 heteroatoms. The zero-order valence-electron chi connectivity index (χ0n) is 11.0. The molecule has 2 heterocycles. The van der Waals surface area contributed by atoms with E-state index in [2.05, 4.69) is 19.0 Å². The van der Waals surface area contributed by atoms with E-state index in [9.17, 15) is 4.79 Å². The number of hydrogen-bond acceptors (Lipinski definition) is 4. The van der Waals surface area contributed by atoms with Crippen molar-refractivity contribution in [3.63, 3.8) is 0 Å². The summed E-state index contributed by atoms with van der Waals surface area (Å²) in [6.45, 7) is 3.05. The van der Waals surface area contributed by atoms with Gasteiger partial charge in [-0.3, -0.25) is 4.79 Å². The van der Waals surface area contributed by atoms with E-state index in [0.29, 0.717) is 19.7 Å². The van der Waals surface area contributed by atoms with E-state index in [1.165, 1.54) is 0 Å². The second-order valence-electron chi connectivity index (χ2n) is 4.85. The molecule has 0 radical (unpaired) electrons. The molecule has 1 fully saturated rings. The number of rotatable bonds is 4. The fourth-order valence-corrected chi connectivity index (χ4v) is 2.68. The van der Waals surface area contributed by atoms with Crippen LogP contribution in [0.5, 0.6) is 0 Å². The number of carbonyl (C=O) groups is 1. The van der Waals surface area contributed by atoms with Gasteiger partial charge in [-0.25, -0.2) is 0 Å². The molecule has 0 aliphatic carbocycles. The van der Waals surface area contributed by atoms with Crippen molar-refractivity contribution in [3.05, 3.63) is 22.4 Å². The summed E-state index contributed by atoms with van der Waals surface area (Å²) in [7, 11) is 4.11. The Labute approximate surface area is 112 Å². The molecule has 2 rings (SSSR count). The van der Waals surface area contributed by atoms with Gasteiger partial charge < -0.3 is 14.5 Å². The molecule has 0 unspecified atom stereocenters. The molecule has 1 saturated heterocycles. The molecule has 100 valence electrons. The van der Waals surface area contributed by atoms with Gasteiger partial charge in [0.2, 0.25) is 0 Å². The van der Waals surface area contributed by atoms with Crippen molar-refractivity contribution in [1.29, 1.82) is 0 Å². The van der Waals surface area contributed by atoms with Crippen LogP contribution in [0, 0.1) is 0 Å². The van der Waals surface area contributed by atoms with Crippen molar-refractivity contribution in [2.24, 2.45) is 0 Å². The molecule has 0 spiro atoms. The highest BCUT2D eigenvalue weighted by molar-refractivity contribution is 7.08. The molecule has 1 amide bonds. The predicted molar refractivity (Wildman–Crippen MR) is 73.1 cm³/mol. The largest absolute Gasteiger partial charge is 0.374 e. The van der Waals surface area contributed by atoms with Crippen LogP contribution < -0.4 is 0 Å². The average Bonchev–Trinajstić information content (AvgIpc) is 2.89. The molecular formula is C13H20N2O2S. The van der Waals surface area contributed by atoms with Crippen molar-refractivity contribution in [1.82, 2.24) is 9.80 Å². The first-order valence-electron chi connectivity index (χ1n) is 6.24.